The number of nitrogens with zero attached hydrogens (tertiary/aromatic N) is 2. The van der Waals surface area contributed by atoms with Gasteiger partial charge in [0.2, 0.25) is 0 Å². The van der Waals surface area contributed by atoms with Gasteiger partial charge in [-0.2, -0.15) is 5.10 Å². The normalized spacial score (nSPS) is 24.9. The van der Waals surface area contributed by atoms with Gasteiger partial charge in [0.05, 0.1) is 16.4 Å². The molecule has 1 heterocycles. The minimum absolute atomic E-state index is 0.213. The maximum atomic E-state index is 6.45. The van der Waals surface area contributed by atoms with E-state index in [2.05, 4.69) is 12.0 Å². The van der Waals surface area contributed by atoms with Crippen LogP contribution in [0.25, 0.3) is 0 Å². The number of rotatable bonds is 5. The lowest BCUT2D eigenvalue weighted by Crippen LogP contribution is -2.35. The molecule has 114 valence electrons. The number of aryl methyl sites for hydroxylation is 2. The summed E-state index contributed by atoms with van der Waals surface area (Å²) in [6.07, 6.45) is 8.80. The predicted octanol–water partition coefficient (Wildman–Crippen LogP) is 3.86. The quantitative estimate of drug-likeness (QED) is 0.897. The monoisotopic (exact) mass is 297 g/mol. The zero-order valence-corrected chi connectivity index (χ0v) is 13.8. The van der Waals surface area contributed by atoms with Crippen LogP contribution < -0.4 is 5.73 Å². The van der Waals surface area contributed by atoms with Crippen molar-refractivity contribution in [3.8, 4) is 0 Å². The Labute approximate surface area is 127 Å². The van der Waals surface area contributed by atoms with Crippen LogP contribution in [0.2, 0.25) is 5.02 Å². The Morgan fingerprint density at radius 1 is 1.35 bits per heavy atom. The maximum Gasteiger partial charge on any atom is 0.0847 e. The van der Waals surface area contributed by atoms with E-state index in [9.17, 15) is 0 Å². The Kier molecular flexibility index (Phi) is 5.50. The minimum Gasteiger partial charge on any atom is -0.327 e. The fourth-order valence-corrected chi connectivity index (χ4v) is 3.84. The van der Waals surface area contributed by atoms with Crippen LogP contribution in [0, 0.1) is 18.8 Å². The first kappa shape index (κ1) is 15.8. The van der Waals surface area contributed by atoms with Gasteiger partial charge in [-0.25, -0.2) is 0 Å². The van der Waals surface area contributed by atoms with Crippen molar-refractivity contribution in [1.82, 2.24) is 9.78 Å². The molecule has 3 nitrogen and oxygen atoms in total. The molecule has 20 heavy (non-hydrogen) atoms. The highest BCUT2D eigenvalue weighted by Crippen LogP contribution is 2.34. The topological polar surface area (TPSA) is 43.8 Å². The van der Waals surface area contributed by atoms with Crippen molar-refractivity contribution in [1.29, 1.82) is 0 Å². The molecule has 0 spiro atoms. The van der Waals surface area contributed by atoms with E-state index in [0.29, 0.717) is 5.92 Å². The van der Waals surface area contributed by atoms with E-state index in [1.54, 1.807) is 0 Å². The molecule has 1 atom stereocenters. The standard InChI is InChI=1S/C16H28ClN3/c1-4-5-12-6-8-13(9-7-12)14(18)10-15-16(17)11(2)19-20(15)3/h12-14H,4-10,18H2,1-3H3. The summed E-state index contributed by atoms with van der Waals surface area (Å²) in [4.78, 5) is 0. The van der Waals surface area contributed by atoms with Crippen molar-refractivity contribution >= 4 is 11.6 Å². The molecule has 1 fully saturated rings. The first-order chi connectivity index (χ1) is 9.52. The Morgan fingerprint density at radius 2 is 2.00 bits per heavy atom. The number of aromatic nitrogens is 2. The second-order valence-corrected chi connectivity index (χ2v) is 6.79. The van der Waals surface area contributed by atoms with Crippen molar-refractivity contribution in [2.75, 3.05) is 0 Å². The van der Waals surface area contributed by atoms with Gasteiger partial charge in [0.25, 0.3) is 0 Å². The molecule has 0 aliphatic heterocycles. The Hall–Kier alpha value is -0.540. The number of hydrogen-bond donors (Lipinski definition) is 1. The van der Waals surface area contributed by atoms with Crippen molar-refractivity contribution in [3.05, 3.63) is 16.4 Å². The van der Waals surface area contributed by atoms with Gasteiger partial charge < -0.3 is 5.73 Å². The Morgan fingerprint density at radius 3 is 2.50 bits per heavy atom. The number of hydrogen-bond acceptors (Lipinski definition) is 2. The van der Waals surface area contributed by atoms with E-state index < -0.39 is 0 Å². The van der Waals surface area contributed by atoms with Crippen LogP contribution >= 0.6 is 11.6 Å². The highest BCUT2D eigenvalue weighted by Gasteiger charge is 2.26. The summed E-state index contributed by atoms with van der Waals surface area (Å²) in [5.74, 6) is 1.58. The molecule has 0 bridgehead atoms. The molecule has 1 unspecified atom stereocenters. The summed E-state index contributed by atoms with van der Waals surface area (Å²) < 4.78 is 1.89. The lowest BCUT2D eigenvalue weighted by atomic mass is 9.76. The van der Waals surface area contributed by atoms with Gasteiger partial charge in [-0.1, -0.05) is 44.2 Å². The third-order valence-electron chi connectivity index (χ3n) is 4.88. The van der Waals surface area contributed by atoms with E-state index >= 15 is 0 Å². The third-order valence-corrected chi connectivity index (χ3v) is 5.38. The lowest BCUT2D eigenvalue weighted by Gasteiger charge is -2.32. The van der Waals surface area contributed by atoms with E-state index in [0.717, 1.165) is 28.7 Å². The highest BCUT2D eigenvalue weighted by molar-refractivity contribution is 6.31. The second kappa shape index (κ2) is 6.95. The molecule has 1 saturated carbocycles. The van der Waals surface area contributed by atoms with Crippen LogP contribution in [0.4, 0.5) is 0 Å². The van der Waals surface area contributed by atoms with E-state index in [1.807, 2.05) is 18.7 Å². The summed E-state index contributed by atoms with van der Waals surface area (Å²) in [6, 6.07) is 0.213. The summed E-state index contributed by atoms with van der Waals surface area (Å²) in [5, 5.41) is 5.17. The van der Waals surface area contributed by atoms with Crippen LogP contribution in [0.1, 0.15) is 56.8 Å². The van der Waals surface area contributed by atoms with Crippen molar-refractivity contribution in [2.45, 2.75) is 64.8 Å². The van der Waals surface area contributed by atoms with Gasteiger partial charge in [-0.3, -0.25) is 4.68 Å². The SMILES string of the molecule is CCCC1CCC(C(N)Cc2c(Cl)c(C)nn2C)CC1. The Bertz CT molecular complexity index is 433. The summed E-state index contributed by atoms with van der Waals surface area (Å²) in [6.45, 7) is 4.23. The minimum atomic E-state index is 0.213. The number of halogens is 1. The maximum absolute atomic E-state index is 6.45. The molecular weight excluding hydrogens is 270 g/mol. The van der Waals surface area contributed by atoms with Crippen LogP contribution in [0.5, 0.6) is 0 Å². The summed E-state index contributed by atoms with van der Waals surface area (Å²) in [7, 11) is 1.96. The third kappa shape index (κ3) is 3.56. The summed E-state index contributed by atoms with van der Waals surface area (Å²) >= 11 is 6.32. The van der Waals surface area contributed by atoms with Gasteiger partial charge in [-0.05, 0) is 31.6 Å². The lowest BCUT2D eigenvalue weighted by molar-refractivity contribution is 0.231. The largest absolute Gasteiger partial charge is 0.327 e. The van der Waals surface area contributed by atoms with E-state index in [-0.39, 0.29) is 6.04 Å². The van der Waals surface area contributed by atoms with Crippen LogP contribution in [0.15, 0.2) is 0 Å². The van der Waals surface area contributed by atoms with Crippen molar-refractivity contribution in [2.24, 2.45) is 24.6 Å². The molecule has 1 aromatic rings. The van der Waals surface area contributed by atoms with Gasteiger partial charge in [0.1, 0.15) is 0 Å². The van der Waals surface area contributed by atoms with Crippen LogP contribution in [-0.4, -0.2) is 15.8 Å². The van der Waals surface area contributed by atoms with Crippen molar-refractivity contribution < 1.29 is 0 Å². The first-order valence-corrected chi connectivity index (χ1v) is 8.34. The van der Waals surface area contributed by atoms with Crippen LogP contribution in [-0.2, 0) is 13.5 Å². The zero-order chi connectivity index (χ0) is 14.7. The van der Waals surface area contributed by atoms with Gasteiger partial charge >= 0.3 is 0 Å². The van der Waals surface area contributed by atoms with Crippen molar-refractivity contribution in [3.63, 3.8) is 0 Å². The molecule has 2 rings (SSSR count). The smallest absolute Gasteiger partial charge is 0.0847 e. The van der Waals surface area contributed by atoms with E-state index in [1.165, 1.54) is 38.5 Å². The van der Waals surface area contributed by atoms with Gasteiger partial charge in [0, 0.05) is 19.5 Å². The van der Waals surface area contributed by atoms with Gasteiger partial charge in [-0.15, -0.1) is 0 Å². The summed E-state index contributed by atoms with van der Waals surface area (Å²) in [5.41, 5.74) is 8.44. The molecular formula is C16H28ClN3. The molecule has 1 aliphatic carbocycles. The second-order valence-electron chi connectivity index (χ2n) is 6.41. The molecule has 0 saturated heterocycles. The molecule has 1 aromatic heterocycles. The molecule has 4 heteroatoms. The molecule has 0 radical (unpaired) electrons. The molecule has 0 aromatic carbocycles. The average molecular weight is 298 g/mol. The molecule has 2 N–H and O–H groups in total. The Balaban J connectivity index is 1.91. The fourth-order valence-electron chi connectivity index (χ4n) is 3.61. The van der Waals surface area contributed by atoms with E-state index in [4.69, 9.17) is 17.3 Å². The number of nitrogens with two attached hydrogens (primary N) is 1. The zero-order valence-electron chi connectivity index (χ0n) is 13.0. The molecule has 1 aliphatic rings. The highest BCUT2D eigenvalue weighted by atomic mass is 35.5. The molecule has 0 amide bonds. The first-order valence-electron chi connectivity index (χ1n) is 7.96. The average Bonchev–Trinajstić information content (AvgIpc) is 2.66. The predicted molar refractivity (Wildman–Crippen MR) is 85.0 cm³/mol. The van der Waals surface area contributed by atoms with Crippen LogP contribution in [0.3, 0.4) is 0 Å². The van der Waals surface area contributed by atoms with Gasteiger partial charge in [0.15, 0.2) is 0 Å². The fraction of sp³-hybridized carbons (Fsp3) is 0.812.